The van der Waals surface area contributed by atoms with E-state index < -0.39 is 0 Å². The van der Waals surface area contributed by atoms with Crippen molar-refractivity contribution in [3.05, 3.63) is 17.8 Å². The fourth-order valence-corrected chi connectivity index (χ4v) is 2.31. The van der Waals surface area contributed by atoms with Gasteiger partial charge in [-0.15, -0.1) is 0 Å². The highest BCUT2D eigenvalue weighted by Crippen LogP contribution is 2.19. The van der Waals surface area contributed by atoms with E-state index >= 15 is 0 Å². The molecule has 1 fully saturated rings. The van der Waals surface area contributed by atoms with E-state index in [-0.39, 0.29) is 12.1 Å². The predicted octanol–water partition coefficient (Wildman–Crippen LogP) is 2.43. The van der Waals surface area contributed by atoms with E-state index in [1.165, 1.54) is 0 Å². The van der Waals surface area contributed by atoms with Crippen LogP contribution >= 0.6 is 0 Å². The summed E-state index contributed by atoms with van der Waals surface area (Å²) < 4.78 is 10.9. The zero-order valence-electron chi connectivity index (χ0n) is 12.9. The van der Waals surface area contributed by atoms with Gasteiger partial charge in [-0.05, 0) is 39.3 Å². The molecule has 21 heavy (non-hydrogen) atoms. The Balaban J connectivity index is 2.03. The lowest BCUT2D eigenvalue weighted by Gasteiger charge is -2.26. The highest BCUT2D eigenvalue weighted by Gasteiger charge is 2.22. The zero-order valence-corrected chi connectivity index (χ0v) is 12.9. The summed E-state index contributed by atoms with van der Waals surface area (Å²) in [4.78, 5) is 18.5. The third kappa shape index (κ3) is 4.07. The maximum atomic E-state index is 12.3. The third-order valence-electron chi connectivity index (χ3n) is 3.41. The second kappa shape index (κ2) is 7.26. The Labute approximate surface area is 125 Å². The Bertz CT molecular complexity index is 493. The molecule has 0 bridgehead atoms. The number of hydrogen-bond donors (Lipinski definition) is 1. The Morgan fingerprint density at radius 1 is 1.57 bits per heavy atom. The third-order valence-corrected chi connectivity index (χ3v) is 3.41. The summed E-state index contributed by atoms with van der Waals surface area (Å²) in [5.41, 5.74) is 0.766. The molecule has 0 spiro atoms. The molecule has 0 saturated carbocycles. The molecule has 1 aromatic heterocycles. The number of rotatable bonds is 3. The van der Waals surface area contributed by atoms with Crippen molar-refractivity contribution in [3.63, 3.8) is 0 Å². The second-order valence-electron chi connectivity index (χ2n) is 5.11. The van der Waals surface area contributed by atoms with Gasteiger partial charge in [-0.3, -0.25) is 5.32 Å². The maximum Gasteiger partial charge on any atom is 0.323 e. The van der Waals surface area contributed by atoms with Gasteiger partial charge in [0, 0.05) is 13.2 Å². The van der Waals surface area contributed by atoms with Crippen molar-refractivity contribution < 1.29 is 14.3 Å². The van der Waals surface area contributed by atoms with Crippen LogP contribution in [-0.4, -0.2) is 48.3 Å². The van der Waals surface area contributed by atoms with Gasteiger partial charge in [0.2, 0.25) is 0 Å². The Morgan fingerprint density at radius 3 is 3.10 bits per heavy atom. The van der Waals surface area contributed by atoms with Gasteiger partial charge in [0.1, 0.15) is 11.6 Å². The first kappa shape index (κ1) is 15.6. The summed E-state index contributed by atoms with van der Waals surface area (Å²) in [7, 11) is 0. The Kier molecular flexibility index (Phi) is 5.38. The van der Waals surface area contributed by atoms with E-state index in [0.29, 0.717) is 32.2 Å². The molecule has 1 saturated heterocycles. The SMILES string of the molecule is CCOc1ccc(NC(=O)N2CCCOCC2C)nc1C. The molecule has 0 aliphatic carbocycles. The molecule has 0 radical (unpaired) electrons. The van der Waals surface area contributed by atoms with E-state index in [4.69, 9.17) is 9.47 Å². The maximum absolute atomic E-state index is 12.3. The Morgan fingerprint density at radius 2 is 2.38 bits per heavy atom. The van der Waals surface area contributed by atoms with Crippen molar-refractivity contribution in [2.45, 2.75) is 33.2 Å². The minimum Gasteiger partial charge on any atom is -0.492 e. The van der Waals surface area contributed by atoms with Crippen LogP contribution in [-0.2, 0) is 4.74 Å². The van der Waals surface area contributed by atoms with Gasteiger partial charge >= 0.3 is 6.03 Å². The van der Waals surface area contributed by atoms with Crippen LogP contribution in [0.3, 0.4) is 0 Å². The molecule has 1 aliphatic rings. The zero-order chi connectivity index (χ0) is 15.2. The average molecular weight is 293 g/mol. The Hall–Kier alpha value is -1.82. The first-order valence-electron chi connectivity index (χ1n) is 7.37. The van der Waals surface area contributed by atoms with Crippen LogP contribution < -0.4 is 10.1 Å². The molecular formula is C15H23N3O3. The van der Waals surface area contributed by atoms with Crippen molar-refractivity contribution in [2.24, 2.45) is 0 Å². The molecule has 116 valence electrons. The monoisotopic (exact) mass is 293 g/mol. The molecule has 1 atom stereocenters. The molecule has 1 aliphatic heterocycles. The quantitative estimate of drug-likeness (QED) is 0.929. The molecule has 6 nitrogen and oxygen atoms in total. The molecule has 1 unspecified atom stereocenters. The van der Waals surface area contributed by atoms with Gasteiger partial charge in [-0.2, -0.15) is 0 Å². The lowest BCUT2D eigenvalue weighted by Crippen LogP contribution is -2.42. The lowest BCUT2D eigenvalue weighted by atomic mass is 10.3. The fourth-order valence-electron chi connectivity index (χ4n) is 2.31. The predicted molar refractivity (Wildman–Crippen MR) is 80.8 cm³/mol. The molecular weight excluding hydrogens is 270 g/mol. The highest BCUT2D eigenvalue weighted by molar-refractivity contribution is 5.88. The van der Waals surface area contributed by atoms with Crippen LogP contribution in [0.15, 0.2) is 12.1 Å². The summed E-state index contributed by atoms with van der Waals surface area (Å²) in [5.74, 6) is 1.28. The van der Waals surface area contributed by atoms with Gasteiger partial charge in [0.15, 0.2) is 0 Å². The molecule has 6 heteroatoms. The van der Waals surface area contributed by atoms with E-state index in [0.717, 1.165) is 17.9 Å². The van der Waals surface area contributed by atoms with Crippen LogP contribution in [0, 0.1) is 6.92 Å². The molecule has 0 aromatic carbocycles. The number of nitrogens with zero attached hydrogens (tertiary/aromatic N) is 2. The summed E-state index contributed by atoms with van der Waals surface area (Å²) >= 11 is 0. The number of hydrogen-bond acceptors (Lipinski definition) is 4. The number of anilines is 1. The molecule has 2 heterocycles. The number of aromatic nitrogens is 1. The second-order valence-corrected chi connectivity index (χ2v) is 5.11. The topological polar surface area (TPSA) is 63.7 Å². The number of aryl methyl sites for hydroxylation is 1. The van der Waals surface area contributed by atoms with Crippen molar-refractivity contribution in [2.75, 3.05) is 31.7 Å². The molecule has 2 amide bonds. The number of urea groups is 1. The summed E-state index contributed by atoms with van der Waals surface area (Å²) in [5, 5.41) is 2.84. The van der Waals surface area contributed by atoms with Crippen molar-refractivity contribution in [1.29, 1.82) is 0 Å². The van der Waals surface area contributed by atoms with Crippen LogP contribution in [0.25, 0.3) is 0 Å². The van der Waals surface area contributed by atoms with Crippen LogP contribution in [0.5, 0.6) is 5.75 Å². The van der Waals surface area contributed by atoms with Crippen molar-refractivity contribution in [1.82, 2.24) is 9.88 Å². The van der Waals surface area contributed by atoms with Crippen LogP contribution in [0.2, 0.25) is 0 Å². The summed E-state index contributed by atoms with van der Waals surface area (Å²) in [6.45, 7) is 8.35. The average Bonchev–Trinajstić information content (AvgIpc) is 2.66. The normalized spacial score (nSPS) is 19.0. The first-order valence-corrected chi connectivity index (χ1v) is 7.37. The largest absolute Gasteiger partial charge is 0.492 e. The number of carbonyl (C=O) groups is 1. The minimum atomic E-state index is -0.135. The number of pyridine rings is 1. The van der Waals surface area contributed by atoms with Gasteiger partial charge in [0.05, 0.1) is 24.9 Å². The lowest BCUT2D eigenvalue weighted by molar-refractivity contribution is 0.116. The van der Waals surface area contributed by atoms with Gasteiger partial charge < -0.3 is 14.4 Å². The smallest absolute Gasteiger partial charge is 0.323 e. The van der Waals surface area contributed by atoms with Gasteiger partial charge in [0.25, 0.3) is 0 Å². The van der Waals surface area contributed by atoms with Gasteiger partial charge in [-0.1, -0.05) is 0 Å². The number of nitrogens with one attached hydrogen (secondary N) is 1. The van der Waals surface area contributed by atoms with Crippen LogP contribution in [0.1, 0.15) is 26.0 Å². The van der Waals surface area contributed by atoms with Crippen LogP contribution in [0.4, 0.5) is 10.6 Å². The minimum absolute atomic E-state index is 0.0660. The number of carbonyl (C=O) groups excluding carboxylic acids is 1. The molecule has 1 aromatic rings. The van der Waals surface area contributed by atoms with Crippen molar-refractivity contribution >= 4 is 11.8 Å². The summed E-state index contributed by atoms with van der Waals surface area (Å²) in [6.07, 6.45) is 0.855. The van der Waals surface area contributed by atoms with E-state index in [2.05, 4.69) is 10.3 Å². The number of ether oxygens (including phenoxy) is 2. The standard InChI is InChI=1S/C15H23N3O3/c1-4-21-13-6-7-14(16-12(13)3)17-15(19)18-8-5-9-20-10-11(18)2/h6-7,11H,4-5,8-10H2,1-3H3,(H,16,17,19). The van der Waals surface area contributed by atoms with E-state index in [1.807, 2.05) is 26.8 Å². The molecule has 1 N–H and O–H groups in total. The van der Waals surface area contributed by atoms with Gasteiger partial charge in [-0.25, -0.2) is 9.78 Å². The first-order chi connectivity index (χ1) is 10.1. The van der Waals surface area contributed by atoms with E-state index in [9.17, 15) is 4.79 Å². The van der Waals surface area contributed by atoms with Crippen molar-refractivity contribution in [3.8, 4) is 5.75 Å². The highest BCUT2D eigenvalue weighted by atomic mass is 16.5. The number of amides is 2. The summed E-state index contributed by atoms with van der Waals surface area (Å²) in [6, 6.07) is 3.52. The molecule has 2 rings (SSSR count). The van der Waals surface area contributed by atoms with E-state index in [1.54, 1.807) is 11.0 Å². The fraction of sp³-hybridized carbons (Fsp3) is 0.600.